The fourth-order valence-electron chi connectivity index (χ4n) is 3.45. The summed E-state index contributed by atoms with van der Waals surface area (Å²) in [6.45, 7) is 2.36. The Kier molecular flexibility index (Phi) is 5.81. The van der Waals surface area contributed by atoms with Gasteiger partial charge in [0, 0.05) is 42.8 Å². The lowest BCUT2D eigenvalue weighted by Crippen LogP contribution is -2.49. The molecule has 0 saturated carbocycles. The number of nitrogens with zero attached hydrogens (tertiary/aromatic N) is 4. The summed E-state index contributed by atoms with van der Waals surface area (Å²) in [5.74, 6) is 0.886. The molecule has 1 aliphatic heterocycles. The third-order valence-electron chi connectivity index (χ3n) is 5.08. The number of hydrogen-bond donors (Lipinski definition) is 0. The molecule has 0 atom stereocenters. The number of methoxy groups -OCH3 is 1. The van der Waals surface area contributed by atoms with E-state index < -0.39 is 0 Å². The van der Waals surface area contributed by atoms with E-state index in [1.54, 1.807) is 35.2 Å². The molecule has 3 aromatic rings. The highest BCUT2D eigenvalue weighted by Crippen LogP contribution is 2.26. The zero-order chi connectivity index (χ0) is 21.1. The molecule has 2 heterocycles. The smallest absolute Gasteiger partial charge is 0.257 e. The maximum absolute atomic E-state index is 13.2. The molecule has 8 heteroatoms. The van der Waals surface area contributed by atoms with Gasteiger partial charge in [0.1, 0.15) is 23.7 Å². The first-order chi connectivity index (χ1) is 14.5. The van der Waals surface area contributed by atoms with Crippen LogP contribution in [0.25, 0.3) is 11.3 Å². The van der Waals surface area contributed by atoms with Crippen LogP contribution in [0.4, 0.5) is 10.2 Å². The molecule has 0 N–H and O–H groups in total. The Morgan fingerprint density at radius 3 is 2.47 bits per heavy atom. The molecule has 1 saturated heterocycles. The zero-order valence-electron chi connectivity index (χ0n) is 16.4. The third-order valence-corrected chi connectivity index (χ3v) is 5.31. The van der Waals surface area contributed by atoms with Gasteiger partial charge in [-0.1, -0.05) is 11.6 Å². The van der Waals surface area contributed by atoms with Gasteiger partial charge in [-0.15, -0.1) is 0 Å². The Morgan fingerprint density at radius 1 is 1.03 bits per heavy atom. The van der Waals surface area contributed by atoms with Crippen LogP contribution in [0, 0.1) is 5.82 Å². The molecular formula is C22H20ClFN4O2. The summed E-state index contributed by atoms with van der Waals surface area (Å²) in [6, 6.07) is 13.1. The van der Waals surface area contributed by atoms with Crippen LogP contribution in [-0.4, -0.2) is 54.1 Å². The number of ether oxygens (including phenoxy) is 1. The van der Waals surface area contributed by atoms with Gasteiger partial charge in [0.2, 0.25) is 0 Å². The average Bonchev–Trinajstić information content (AvgIpc) is 2.79. The van der Waals surface area contributed by atoms with Crippen LogP contribution in [0.5, 0.6) is 5.75 Å². The second-order valence-electron chi connectivity index (χ2n) is 6.89. The fraction of sp³-hybridized carbons (Fsp3) is 0.227. The Bertz CT molecular complexity index is 1050. The van der Waals surface area contributed by atoms with Crippen molar-refractivity contribution >= 4 is 23.3 Å². The van der Waals surface area contributed by atoms with Gasteiger partial charge in [0.05, 0.1) is 18.4 Å². The highest BCUT2D eigenvalue weighted by molar-refractivity contribution is 6.31. The highest BCUT2D eigenvalue weighted by Gasteiger charge is 2.25. The minimum Gasteiger partial charge on any atom is -0.496 e. The minimum atomic E-state index is -0.287. The molecule has 6 nitrogen and oxygen atoms in total. The third kappa shape index (κ3) is 4.21. The van der Waals surface area contributed by atoms with Gasteiger partial charge in [-0.05, 0) is 42.5 Å². The number of aromatic nitrogens is 2. The van der Waals surface area contributed by atoms with Crippen molar-refractivity contribution in [3.63, 3.8) is 0 Å². The predicted octanol–water partition coefficient (Wildman–Crippen LogP) is 3.91. The monoisotopic (exact) mass is 426 g/mol. The molecule has 1 aliphatic rings. The Balaban J connectivity index is 1.46. The highest BCUT2D eigenvalue weighted by atomic mass is 35.5. The van der Waals surface area contributed by atoms with Crippen molar-refractivity contribution in [3.05, 3.63) is 71.3 Å². The van der Waals surface area contributed by atoms with Crippen molar-refractivity contribution in [1.29, 1.82) is 0 Å². The van der Waals surface area contributed by atoms with E-state index in [0.29, 0.717) is 42.5 Å². The van der Waals surface area contributed by atoms with E-state index >= 15 is 0 Å². The molecule has 1 aromatic heterocycles. The number of rotatable bonds is 4. The number of benzene rings is 2. The van der Waals surface area contributed by atoms with Crippen molar-refractivity contribution in [3.8, 4) is 17.0 Å². The summed E-state index contributed by atoms with van der Waals surface area (Å²) in [6.07, 6.45) is 1.50. The second kappa shape index (κ2) is 8.67. The first kappa shape index (κ1) is 20.1. The largest absolute Gasteiger partial charge is 0.496 e. The molecule has 0 spiro atoms. The molecule has 30 heavy (non-hydrogen) atoms. The summed E-state index contributed by atoms with van der Waals surface area (Å²) in [4.78, 5) is 25.5. The van der Waals surface area contributed by atoms with Crippen molar-refractivity contribution < 1.29 is 13.9 Å². The number of hydrogen-bond acceptors (Lipinski definition) is 5. The summed E-state index contributed by atoms with van der Waals surface area (Å²) in [5.41, 5.74) is 2.00. The second-order valence-corrected chi connectivity index (χ2v) is 7.33. The fourth-order valence-corrected chi connectivity index (χ4v) is 3.63. The Hall–Kier alpha value is -3.19. The summed E-state index contributed by atoms with van der Waals surface area (Å²) in [7, 11) is 1.53. The number of anilines is 1. The molecule has 1 fully saturated rings. The lowest BCUT2D eigenvalue weighted by molar-refractivity contribution is 0.0743. The molecular weight excluding hydrogens is 407 g/mol. The predicted molar refractivity (Wildman–Crippen MR) is 114 cm³/mol. The van der Waals surface area contributed by atoms with Crippen molar-refractivity contribution in [2.45, 2.75) is 0 Å². The number of amides is 1. The van der Waals surface area contributed by atoms with Crippen LogP contribution in [-0.2, 0) is 0 Å². The first-order valence-corrected chi connectivity index (χ1v) is 9.88. The molecule has 154 valence electrons. The Labute approximate surface area is 178 Å². The van der Waals surface area contributed by atoms with Crippen LogP contribution in [0.15, 0.2) is 54.9 Å². The zero-order valence-corrected chi connectivity index (χ0v) is 17.1. The van der Waals surface area contributed by atoms with Gasteiger partial charge in [0.15, 0.2) is 0 Å². The van der Waals surface area contributed by atoms with Gasteiger partial charge >= 0.3 is 0 Å². The first-order valence-electron chi connectivity index (χ1n) is 9.51. The normalized spacial score (nSPS) is 14.0. The quantitative estimate of drug-likeness (QED) is 0.633. The number of carbonyl (C=O) groups excluding carboxylic acids is 1. The van der Waals surface area contributed by atoms with Crippen LogP contribution in [0.2, 0.25) is 5.02 Å². The lowest BCUT2D eigenvalue weighted by atomic mass is 10.1. The molecule has 0 aliphatic carbocycles. The average molecular weight is 427 g/mol. The SMILES string of the molecule is COc1ccc(Cl)cc1C(=O)N1CCN(c2cc(-c3ccc(F)cc3)ncn2)CC1. The molecule has 2 aromatic carbocycles. The number of carbonyl (C=O) groups is 1. The topological polar surface area (TPSA) is 58.6 Å². The molecule has 4 rings (SSSR count). The molecule has 0 bridgehead atoms. The minimum absolute atomic E-state index is 0.108. The standard InChI is InChI=1S/C22H20ClFN4O2/c1-30-20-7-4-16(23)12-18(20)22(29)28-10-8-27(9-11-28)21-13-19(25-14-26-21)15-2-5-17(24)6-3-15/h2-7,12-14H,8-11H2,1H3. The maximum Gasteiger partial charge on any atom is 0.257 e. The molecule has 0 radical (unpaired) electrons. The van der Waals surface area contributed by atoms with Gasteiger partial charge < -0.3 is 14.5 Å². The van der Waals surface area contributed by atoms with Crippen LogP contribution in [0.1, 0.15) is 10.4 Å². The van der Waals surface area contributed by atoms with Gasteiger partial charge in [-0.25, -0.2) is 14.4 Å². The number of halogens is 2. The summed E-state index contributed by atoms with van der Waals surface area (Å²) >= 11 is 6.06. The van der Waals surface area contributed by atoms with Gasteiger partial charge in [0.25, 0.3) is 5.91 Å². The van der Waals surface area contributed by atoms with E-state index in [-0.39, 0.29) is 11.7 Å². The van der Waals surface area contributed by atoms with Crippen LogP contribution in [0.3, 0.4) is 0 Å². The van der Waals surface area contributed by atoms with E-state index in [0.717, 1.165) is 17.1 Å². The van der Waals surface area contributed by atoms with E-state index in [1.807, 2.05) is 6.07 Å². The van der Waals surface area contributed by atoms with Crippen LogP contribution >= 0.6 is 11.6 Å². The summed E-state index contributed by atoms with van der Waals surface area (Å²) < 4.78 is 18.5. The van der Waals surface area contributed by atoms with Crippen LogP contribution < -0.4 is 9.64 Å². The summed E-state index contributed by atoms with van der Waals surface area (Å²) in [5, 5.41) is 0.493. The lowest BCUT2D eigenvalue weighted by Gasteiger charge is -2.35. The van der Waals surface area contributed by atoms with E-state index in [1.165, 1.54) is 25.6 Å². The number of piperazine rings is 1. The van der Waals surface area contributed by atoms with Gasteiger partial charge in [-0.3, -0.25) is 4.79 Å². The van der Waals surface area contributed by atoms with Crippen molar-refractivity contribution in [2.75, 3.05) is 38.2 Å². The van der Waals surface area contributed by atoms with E-state index in [9.17, 15) is 9.18 Å². The van der Waals surface area contributed by atoms with E-state index in [2.05, 4.69) is 14.9 Å². The molecule has 1 amide bonds. The van der Waals surface area contributed by atoms with Crippen molar-refractivity contribution in [2.24, 2.45) is 0 Å². The molecule has 0 unspecified atom stereocenters. The van der Waals surface area contributed by atoms with E-state index in [4.69, 9.17) is 16.3 Å². The maximum atomic E-state index is 13.2. The van der Waals surface area contributed by atoms with Gasteiger partial charge in [-0.2, -0.15) is 0 Å². The van der Waals surface area contributed by atoms with Crippen molar-refractivity contribution in [1.82, 2.24) is 14.9 Å². The Morgan fingerprint density at radius 2 is 1.77 bits per heavy atom.